The third kappa shape index (κ3) is 2.78. The molecule has 1 atom stereocenters. The second-order valence-electron chi connectivity index (χ2n) is 7.15. The lowest BCUT2D eigenvalue weighted by molar-refractivity contribution is 0.250. The summed E-state index contributed by atoms with van der Waals surface area (Å²) in [5.41, 5.74) is 3.57. The highest BCUT2D eigenvalue weighted by atomic mass is 15.5. The summed E-state index contributed by atoms with van der Waals surface area (Å²) in [6, 6.07) is 9.56. The van der Waals surface area contributed by atoms with Crippen LogP contribution in [0.2, 0.25) is 0 Å². The van der Waals surface area contributed by atoms with E-state index in [9.17, 15) is 0 Å². The van der Waals surface area contributed by atoms with Gasteiger partial charge >= 0.3 is 0 Å². The number of anilines is 2. The van der Waals surface area contributed by atoms with Crippen molar-refractivity contribution in [1.29, 1.82) is 0 Å². The van der Waals surface area contributed by atoms with Crippen LogP contribution in [-0.4, -0.2) is 43.2 Å². The molecule has 5 heteroatoms. The van der Waals surface area contributed by atoms with E-state index in [0.29, 0.717) is 6.04 Å². The second kappa shape index (κ2) is 6.15. The molecule has 0 saturated carbocycles. The topological polar surface area (TPSA) is 34.4 Å². The first-order valence-electron chi connectivity index (χ1n) is 9.22. The Morgan fingerprint density at radius 3 is 2.52 bits per heavy atom. The summed E-state index contributed by atoms with van der Waals surface area (Å²) >= 11 is 0. The van der Waals surface area contributed by atoms with Gasteiger partial charge in [0.05, 0.1) is 5.69 Å². The SMILES string of the molecule is C1=CC2=CN(c3ccc(N4CCN5CCC4CC5)cc3)N=NC2C=C1. The largest absolute Gasteiger partial charge is 0.367 e. The predicted octanol–water partition coefficient (Wildman–Crippen LogP) is 3.54. The van der Waals surface area contributed by atoms with E-state index in [-0.39, 0.29) is 6.04 Å². The van der Waals surface area contributed by atoms with Gasteiger partial charge in [-0.05, 0) is 37.1 Å². The van der Waals surface area contributed by atoms with E-state index in [0.717, 1.165) is 12.2 Å². The summed E-state index contributed by atoms with van der Waals surface area (Å²) < 4.78 is 0. The Balaban J connectivity index is 1.36. The molecule has 1 aliphatic carbocycles. The van der Waals surface area contributed by atoms with Crippen LogP contribution >= 0.6 is 0 Å². The van der Waals surface area contributed by atoms with Gasteiger partial charge in [0.1, 0.15) is 6.04 Å². The number of nitrogens with zero attached hydrogens (tertiary/aromatic N) is 5. The van der Waals surface area contributed by atoms with Gasteiger partial charge in [-0.1, -0.05) is 29.5 Å². The Hall–Kier alpha value is -2.40. The lowest BCUT2D eigenvalue weighted by atomic mass is 10.0. The van der Waals surface area contributed by atoms with Crippen LogP contribution in [0, 0.1) is 0 Å². The predicted molar refractivity (Wildman–Crippen MR) is 101 cm³/mol. The van der Waals surface area contributed by atoms with Crippen LogP contribution in [0.25, 0.3) is 0 Å². The monoisotopic (exact) mass is 333 g/mol. The van der Waals surface area contributed by atoms with Gasteiger partial charge in [0.2, 0.25) is 0 Å². The highest BCUT2D eigenvalue weighted by Crippen LogP contribution is 2.30. The molecule has 5 aliphatic rings. The van der Waals surface area contributed by atoms with Crippen molar-refractivity contribution >= 4 is 11.4 Å². The summed E-state index contributed by atoms with van der Waals surface area (Å²) in [6.45, 7) is 4.83. The fraction of sp³-hybridized carbons (Fsp3) is 0.400. The van der Waals surface area contributed by atoms with Gasteiger partial charge in [-0.25, -0.2) is 5.01 Å². The zero-order chi connectivity index (χ0) is 16.6. The van der Waals surface area contributed by atoms with Gasteiger partial charge in [0.15, 0.2) is 0 Å². The van der Waals surface area contributed by atoms with E-state index in [1.807, 2.05) is 11.1 Å². The minimum absolute atomic E-state index is 0.0722. The van der Waals surface area contributed by atoms with Crippen molar-refractivity contribution in [3.63, 3.8) is 0 Å². The molecule has 0 spiro atoms. The number of fused-ring (bicyclic) bond motifs is 5. The van der Waals surface area contributed by atoms with Crippen molar-refractivity contribution in [2.24, 2.45) is 10.3 Å². The number of rotatable bonds is 2. The van der Waals surface area contributed by atoms with Gasteiger partial charge in [0.25, 0.3) is 0 Å². The molecule has 6 rings (SSSR count). The van der Waals surface area contributed by atoms with E-state index in [2.05, 4.69) is 68.8 Å². The molecular weight excluding hydrogens is 310 g/mol. The molecule has 1 aromatic rings. The Morgan fingerprint density at radius 1 is 0.880 bits per heavy atom. The van der Waals surface area contributed by atoms with Gasteiger partial charge in [0, 0.05) is 49.7 Å². The Bertz CT molecular complexity index is 753. The van der Waals surface area contributed by atoms with E-state index >= 15 is 0 Å². The lowest BCUT2D eigenvalue weighted by Gasteiger charge is -2.33. The molecule has 0 N–H and O–H groups in total. The highest BCUT2D eigenvalue weighted by molar-refractivity contribution is 5.59. The van der Waals surface area contributed by atoms with Crippen molar-refractivity contribution in [3.8, 4) is 0 Å². The summed E-state index contributed by atoms with van der Waals surface area (Å²) in [5, 5.41) is 10.6. The van der Waals surface area contributed by atoms with E-state index in [1.165, 1.54) is 43.7 Å². The summed E-state index contributed by atoms with van der Waals surface area (Å²) in [6.07, 6.45) is 12.9. The van der Waals surface area contributed by atoms with E-state index in [4.69, 9.17) is 0 Å². The summed E-state index contributed by atoms with van der Waals surface area (Å²) in [5.74, 6) is 0. The Morgan fingerprint density at radius 2 is 1.68 bits per heavy atom. The normalized spacial score (nSPS) is 30.2. The van der Waals surface area contributed by atoms with Crippen molar-refractivity contribution < 1.29 is 0 Å². The third-order valence-electron chi connectivity index (χ3n) is 5.68. The average molecular weight is 333 g/mol. The van der Waals surface area contributed by atoms with Crippen molar-refractivity contribution in [2.45, 2.75) is 24.9 Å². The quantitative estimate of drug-likeness (QED) is 0.830. The molecule has 0 amide bonds. The van der Waals surface area contributed by atoms with Crippen LogP contribution in [-0.2, 0) is 0 Å². The van der Waals surface area contributed by atoms with Crippen LogP contribution in [0.15, 0.2) is 70.7 Å². The molecule has 0 radical (unpaired) electrons. The van der Waals surface area contributed by atoms with E-state index in [1.54, 1.807) is 0 Å². The zero-order valence-corrected chi connectivity index (χ0v) is 14.3. The number of allylic oxidation sites excluding steroid dienone is 2. The summed E-state index contributed by atoms with van der Waals surface area (Å²) in [4.78, 5) is 5.19. The fourth-order valence-electron chi connectivity index (χ4n) is 4.20. The average Bonchev–Trinajstić information content (AvgIpc) is 3.02. The van der Waals surface area contributed by atoms with Crippen molar-refractivity contribution in [2.75, 3.05) is 36.1 Å². The van der Waals surface area contributed by atoms with Crippen LogP contribution < -0.4 is 9.91 Å². The van der Waals surface area contributed by atoms with Gasteiger partial charge < -0.3 is 9.80 Å². The number of hydrogen-bond acceptors (Lipinski definition) is 5. The molecule has 5 nitrogen and oxygen atoms in total. The zero-order valence-electron chi connectivity index (χ0n) is 14.3. The first-order chi connectivity index (χ1) is 12.4. The Labute approximate surface area is 148 Å². The number of hydrogen-bond donors (Lipinski definition) is 0. The minimum atomic E-state index is 0.0722. The highest BCUT2D eigenvalue weighted by Gasteiger charge is 2.29. The van der Waals surface area contributed by atoms with Crippen LogP contribution in [0.1, 0.15) is 12.8 Å². The number of piperidine rings is 1. The molecule has 0 aromatic heterocycles. The maximum absolute atomic E-state index is 4.39. The molecule has 1 unspecified atom stereocenters. The smallest absolute Gasteiger partial charge is 0.118 e. The molecule has 2 bridgehead atoms. The maximum Gasteiger partial charge on any atom is 0.118 e. The first kappa shape index (κ1) is 14.9. The maximum atomic E-state index is 4.39. The molecule has 3 saturated heterocycles. The third-order valence-corrected chi connectivity index (χ3v) is 5.68. The van der Waals surface area contributed by atoms with Crippen LogP contribution in [0.3, 0.4) is 0 Å². The minimum Gasteiger partial charge on any atom is -0.367 e. The second-order valence-corrected chi connectivity index (χ2v) is 7.15. The van der Waals surface area contributed by atoms with E-state index < -0.39 is 0 Å². The van der Waals surface area contributed by atoms with Crippen LogP contribution in [0.5, 0.6) is 0 Å². The molecule has 4 heterocycles. The van der Waals surface area contributed by atoms with Crippen molar-refractivity contribution in [3.05, 3.63) is 60.3 Å². The van der Waals surface area contributed by atoms with Crippen molar-refractivity contribution in [1.82, 2.24) is 4.90 Å². The molecular formula is C20H23N5. The molecule has 1 aromatic carbocycles. The number of benzene rings is 1. The van der Waals surface area contributed by atoms with Crippen LogP contribution in [0.4, 0.5) is 11.4 Å². The first-order valence-corrected chi connectivity index (χ1v) is 9.22. The van der Waals surface area contributed by atoms with Gasteiger partial charge in [-0.2, -0.15) is 5.11 Å². The molecule has 25 heavy (non-hydrogen) atoms. The summed E-state index contributed by atoms with van der Waals surface area (Å²) in [7, 11) is 0. The standard InChI is InChI=1S/C20H23N5/c1-2-4-20-16(3-1)15-25(22-21-20)19-7-5-17(6-8-19)24-14-13-23-11-9-18(24)10-12-23/h1-8,15,18,20H,9-14H2. The van der Waals surface area contributed by atoms with Gasteiger partial charge in [-0.15, -0.1) is 0 Å². The molecule has 3 fully saturated rings. The Kier molecular flexibility index (Phi) is 3.67. The molecule has 4 aliphatic heterocycles. The van der Waals surface area contributed by atoms with Gasteiger partial charge in [-0.3, -0.25) is 0 Å². The lowest BCUT2D eigenvalue weighted by Crippen LogP contribution is -2.37. The fourth-order valence-corrected chi connectivity index (χ4v) is 4.20. The molecule has 128 valence electrons.